The van der Waals surface area contributed by atoms with Crippen molar-refractivity contribution < 1.29 is 19.1 Å². The Hall–Kier alpha value is -3.91. The fourth-order valence-electron chi connectivity index (χ4n) is 3.42. The maximum atomic E-state index is 12.2. The summed E-state index contributed by atoms with van der Waals surface area (Å²) in [5, 5.41) is 3.31. The zero-order valence-corrected chi connectivity index (χ0v) is 18.5. The Kier molecular flexibility index (Phi) is 6.55. The highest BCUT2D eigenvalue weighted by atomic mass is 35.5. The van der Waals surface area contributed by atoms with Crippen molar-refractivity contribution >= 4 is 35.4 Å². The van der Waals surface area contributed by atoms with Crippen molar-refractivity contribution in [3.8, 4) is 16.9 Å². The summed E-state index contributed by atoms with van der Waals surface area (Å²) in [6.07, 6.45) is 6.65. The third-order valence-electron chi connectivity index (χ3n) is 5.08. The predicted octanol–water partition coefficient (Wildman–Crippen LogP) is 3.30. The number of carbonyl (C=O) groups excluding carboxylic acids is 2. The van der Waals surface area contributed by atoms with Crippen molar-refractivity contribution in [2.45, 2.75) is 12.5 Å². The first-order valence-electron chi connectivity index (χ1n) is 10.1. The van der Waals surface area contributed by atoms with Gasteiger partial charge < -0.3 is 20.5 Å². The van der Waals surface area contributed by atoms with E-state index in [0.29, 0.717) is 29.6 Å². The van der Waals surface area contributed by atoms with Gasteiger partial charge in [0.2, 0.25) is 5.91 Å². The summed E-state index contributed by atoms with van der Waals surface area (Å²) < 4.78 is 10.6. The summed E-state index contributed by atoms with van der Waals surface area (Å²) in [7, 11) is 1.31. The number of benzene rings is 1. The topological polar surface area (TPSA) is 116 Å². The fourth-order valence-corrected chi connectivity index (χ4v) is 3.70. The molecule has 1 aliphatic rings. The molecular formula is C24H21ClN4O4. The van der Waals surface area contributed by atoms with Gasteiger partial charge in [-0.2, -0.15) is 0 Å². The molecule has 33 heavy (non-hydrogen) atoms. The van der Waals surface area contributed by atoms with Crippen LogP contribution in [0.2, 0.25) is 5.02 Å². The lowest BCUT2D eigenvalue weighted by atomic mass is 10.0. The average molecular weight is 465 g/mol. The Bertz CT molecular complexity index is 1210. The van der Waals surface area contributed by atoms with E-state index in [4.69, 9.17) is 22.1 Å². The normalized spacial score (nSPS) is 14.5. The molecule has 168 valence electrons. The van der Waals surface area contributed by atoms with Crippen LogP contribution in [-0.4, -0.2) is 41.6 Å². The van der Waals surface area contributed by atoms with Crippen LogP contribution in [0.15, 0.2) is 54.9 Å². The van der Waals surface area contributed by atoms with E-state index in [1.165, 1.54) is 13.2 Å². The number of hydrogen-bond acceptors (Lipinski definition) is 7. The molecule has 1 aromatic carbocycles. The molecule has 3 N–H and O–H groups in total. The molecule has 1 amide bonds. The molecule has 3 heterocycles. The lowest BCUT2D eigenvalue weighted by Gasteiger charge is -2.11. The molecule has 8 nitrogen and oxygen atoms in total. The Morgan fingerprint density at radius 3 is 2.76 bits per heavy atom. The summed E-state index contributed by atoms with van der Waals surface area (Å²) in [5.74, 6) is 0.301. The lowest BCUT2D eigenvalue weighted by Crippen LogP contribution is -2.33. The van der Waals surface area contributed by atoms with E-state index in [0.717, 1.165) is 22.3 Å². The van der Waals surface area contributed by atoms with E-state index < -0.39 is 5.97 Å². The van der Waals surface area contributed by atoms with E-state index in [1.54, 1.807) is 48.8 Å². The molecule has 2 aromatic heterocycles. The molecular weight excluding hydrogens is 444 g/mol. The average Bonchev–Trinajstić information content (AvgIpc) is 3.26. The van der Waals surface area contributed by atoms with Crippen molar-refractivity contribution in [3.63, 3.8) is 0 Å². The number of nitrogens with one attached hydrogen (secondary N) is 1. The van der Waals surface area contributed by atoms with Crippen molar-refractivity contribution in [2.24, 2.45) is 0 Å². The van der Waals surface area contributed by atoms with Crippen LogP contribution >= 0.6 is 11.6 Å². The van der Waals surface area contributed by atoms with Crippen molar-refractivity contribution in [2.75, 3.05) is 19.4 Å². The SMILES string of the molecule is COC(=O)c1ccc(-c2cc(Cl)c3c(c2)CC(CNC(=O)/C=C/c2ccc(N)nc2)O3)cn1. The molecule has 0 saturated heterocycles. The van der Waals surface area contributed by atoms with Gasteiger partial charge in [0.05, 0.1) is 18.7 Å². The number of pyridine rings is 2. The second-order valence-electron chi connectivity index (χ2n) is 7.41. The van der Waals surface area contributed by atoms with Crippen LogP contribution in [-0.2, 0) is 16.0 Å². The largest absolute Gasteiger partial charge is 0.486 e. The number of aromatic nitrogens is 2. The highest BCUT2D eigenvalue weighted by Crippen LogP contribution is 2.39. The number of ether oxygens (including phenoxy) is 2. The van der Waals surface area contributed by atoms with E-state index in [-0.39, 0.29) is 17.7 Å². The van der Waals surface area contributed by atoms with Gasteiger partial charge in [-0.1, -0.05) is 17.7 Å². The van der Waals surface area contributed by atoms with Gasteiger partial charge in [0.15, 0.2) is 0 Å². The molecule has 1 unspecified atom stereocenters. The lowest BCUT2D eigenvalue weighted by molar-refractivity contribution is -0.116. The Morgan fingerprint density at radius 2 is 2.06 bits per heavy atom. The summed E-state index contributed by atoms with van der Waals surface area (Å²) in [6, 6.07) is 10.6. The molecule has 4 rings (SSSR count). The van der Waals surface area contributed by atoms with Crippen LogP contribution in [0.4, 0.5) is 5.82 Å². The monoisotopic (exact) mass is 464 g/mol. The van der Waals surface area contributed by atoms with Crippen LogP contribution in [0.25, 0.3) is 17.2 Å². The second-order valence-corrected chi connectivity index (χ2v) is 7.82. The van der Waals surface area contributed by atoms with Gasteiger partial charge in [0.25, 0.3) is 0 Å². The third kappa shape index (κ3) is 5.30. The minimum Gasteiger partial charge on any atom is -0.486 e. The number of hydrogen-bond donors (Lipinski definition) is 2. The number of anilines is 1. The molecule has 3 aromatic rings. The van der Waals surface area contributed by atoms with Crippen molar-refractivity contribution in [3.05, 3.63) is 76.7 Å². The maximum absolute atomic E-state index is 12.2. The van der Waals surface area contributed by atoms with Crippen LogP contribution in [0, 0.1) is 0 Å². The van der Waals surface area contributed by atoms with Crippen molar-refractivity contribution in [1.82, 2.24) is 15.3 Å². The number of nitrogen functional groups attached to an aromatic ring is 1. The van der Waals surface area contributed by atoms with Gasteiger partial charge in [-0.25, -0.2) is 14.8 Å². The van der Waals surface area contributed by atoms with Crippen LogP contribution < -0.4 is 15.8 Å². The zero-order chi connectivity index (χ0) is 23.4. The predicted molar refractivity (Wildman–Crippen MR) is 125 cm³/mol. The first-order valence-corrected chi connectivity index (χ1v) is 10.5. The first kappa shape index (κ1) is 22.3. The number of amides is 1. The van der Waals surface area contributed by atoms with Gasteiger partial charge in [0, 0.05) is 36.0 Å². The van der Waals surface area contributed by atoms with Crippen LogP contribution in [0.3, 0.4) is 0 Å². The van der Waals surface area contributed by atoms with Crippen molar-refractivity contribution in [1.29, 1.82) is 0 Å². The van der Waals surface area contributed by atoms with E-state index in [9.17, 15) is 9.59 Å². The van der Waals surface area contributed by atoms with Gasteiger partial charge in [-0.05, 0) is 47.5 Å². The van der Waals surface area contributed by atoms with Crippen LogP contribution in [0.1, 0.15) is 21.6 Å². The van der Waals surface area contributed by atoms with E-state index >= 15 is 0 Å². The molecule has 0 spiro atoms. The molecule has 0 aliphatic carbocycles. The number of fused-ring (bicyclic) bond motifs is 1. The fraction of sp³-hybridized carbons (Fsp3) is 0.167. The third-order valence-corrected chi connectivity index (χ3v) is 5.37. The Balaban J connectivity index is 1.38. The molecule has 0 fully saturated rings. The highest BCUT2D eigenvalue weighted by molar-refractivity contribution is 6.32. The smallest absolute Gasteiger partial charge is 0.356 e. The molecule has 1 aliphatic heterocycles. The van der Waals surface area contributed by atoms with E-state index in [2.05, 4.69) is 20.0 Å². The van der Waals surface area contributed by atoms with Gasteiger partial charge >= 0.3 is 5.97 Å². The number of rotatable bonds is 6. The van der Waals surface area contributed by atoms with Gasteiger partial charge in [-0.3, -0.25) is 4.79 Å². The number of esters is 1. The standard InChI is InChI=1S/C24H21ClN4O4/c1-32-24(31)20-5-4-15(12-27-20)16-8-17-9-18(33-23(17)19(25)10-16)13-29-22(30)7-3-14-2-6-21(26)28-11-14/h2-8,10-12,18H,9,13H2,1H3,(H2,26,28)(H,29,30)/b7-3+. The zero-order valence-electron chi connectivity index (χ0n) is 17.7. The summed E-state index contributed by atoms with van der Waals surface area (Å²) in [6.45, 7) is 0.332. The minimum absolute atomic E-state index is 0.231. The minimum atomic E-state index is -0.494. The molecule has 0 bridgehead atoms. The van der Waals surface area contributed by atoms with E-state index in [1.807, 2.05) is 6.07 Å². The van der Waals surface area contributed by atoms with Crippen LogP contribution in [0.5, 0.6) is 5.75 Å². The van der Waals surface area contributed by atoms with Gasteiger partial charge in [-0.15, -0.1) is 0 Å². The summed E-state index contributed by atoms with van der Waals surface area (Å²) in [5.41, 5.74) is 9.17. The number of carbonyl (C=O) groups is 2. The number of nitrogens with zero attached hydrogens (tertiary/aromatic N) is 2. The second kappa shape index (κ2) is 9.70. The number of methoxy groups -OCH3 is 1. The van der Waals surface area contributed by atoms with Gasteiger partial charge in [0.1, 0.15) is 23.4 Å². The number of nitrogens with two attached hydrogens (primary N) is 1. The summed E-state index contributed by atoms with van der Waals surface area (Å²) >= 11 is 6.45. The highest BCUT2D eigenvalue weighted by Gasteiger charge is 2.26. The molecule has 1 atom stereocenters. The molecule has 0 radical (unpaired) electrons. The molecule has 9 heteroatoms. The Labute approximate surface area is 195 Å². The quantitative estimate of drug-likeness (QED) is 0.424. The number of halogens is 1. The first-order chi connectivity index (χ1) is 15.9. The maximum Gasteiger partial charge on any atom is 0.356 e. The molecule has 0 saturated carbocycles. The summed E-state index contributed by atoms with van der Waals surface area (Å²) in [4.78, 5) is 31.9. The Morgan fingerprint density at radius 1 is 1.21 bits per heavy atom.